The van der Waals surface area contributed by atoms with Crippen molar-refractivity contribution in [2.75, 3.05) is 0 Å². The van der Waals surface area contributed by atoms with Crippen LogP contribution >= 0.6 is 0 Å². The van der Waals surface area contributed by atoms with E-state index < -0.39 is 0 Å². The Hall–Kier alpha value is -0.980. The lowest BCUT2D eigenvalue weighted by molar-refractivity contribution is -0.0858. The summed E-state index contributed by atoms with van der Waals surface area (Å²) in [5.74, 6) is 1.64. The molecule has 1 spiro atoms. The van der Waals surface area contributed by atoms with Crippen LogP contribution in [0.2, 0.25) is 0 Å². The summed E-state index contributed by atoms with van der Waals surface area (Å²) in [6, 6.07) is 0. The highest BCUT2D eigenvalue weighted by Crippen LogP contribution is 2.52. The molecule has 0 aromatic heterocycles. The summed E-state index contributed by atoms with van der Waals surface area (Å²) >= 11 is 0. The van der Waals surface area contributed by atoms with Crippen LogP contribution in [-0.4, -0.2) is 5.60 Å². The molecule has 1 aliphatic carbocycles. The smallest absolute Gasteiger partial charge is 0.123 e. The van der Waals surface area contributed by atoms with E-state index in [9.17, 15) is 0 Å². The summed E-state index contributed by atoms with van der Waals surface area (Å²) < 4.78 is 6.02. The van der Waals surface area contributed by atoms with Gasteiger partial charge in [-0.15, -0.1) is 0 Å². The molecule has 2 rings (SSSR count). The molecular weight excluding hydrogens is 172 g/mol. The summed E-state index contributed by atoms with van der Waals surface area (Å²) in [5, 5.41) is 0. The molecule has 2 aliphatic rings. The first-order chi connectivity index (χ1) is 6.59. The molecule has 1 heterocycles. The predicted octanol–water partition coefficient (Wildman–Crippen LogP) is 3.59. The molecule has 0 aromatic rings. The highest BCUT2D eigenvalue weighted by atomic mass is 16.5. The van der Waals surface area contributed by atoms with Crippen molar-refractivity contribution in [3.63, 3.8) is 0 Å². The van der Waals surface area contributed by atoms with E-state index in [1.54, 1.807) is 0 Å². The molecule has 2 atom stereocenters. The fraction of sp³-hybridized carbons (Fsp3) is 0.538. The van der Waals surface area contributed by atoms with Gasteiger partial charge >= 0.3 is 0 Å². The average Bonchev–Trinajstić information content (AvgIpc) is 2.57. The van der Waals surface area contributed by atoms with E-state index in [0.717, 1.165) is 17.8 Å². The third-order valence-corrected chi connectivity index (χ3v) is 3.69. The van der Waals surface area contributed by atoms with Crippen molar-refractivity contribution in [3.8, 4) is 0 Å². The minimum Gasteiger partial charge on any atom is -0.486 e. The van der Waals surface area contributed by atoms with Crippen LogP contribution in [-0.2, 0) is 4.74 Å². The Morgan fingerprint density at radius 1 is 1.64 bits per heavy atom. The Bertz CT molecular complexity index is 324. The van der Waals surface area contributed by atoms with Crippen LogP contribution in [0.4, 0.5) is 0 Å². The van der Waals surface area contributed by atoms with Gasteiger partial charge in [0.15, 0.2) is 0 Å². The van der Waals surface area contributed by atoms with Crippen LogP contribution in [0, 0.1) is 5.92 Å². The lowest BCUT2D eigenvalue weighted by atomic mass is 9.68. The first kappa shape index (κ1) is 9.57. The van der Waals surface area contributed by atoms with Crippen LogP contribution in [0.1, 0.15) is 33.1 Å². The van der Waals surface area contributed by atoms with Gasteiger partial charge in [-0.25, -0.2) is 0 Å². The van der Waals surface area contributed by atoms with Gasteiger partial charge in [0.1, 0.15) is 11.4 Å². The van der Waals surface area contributed by atoms with E-state index in [1.165, 1.54) is 18.4 Å². The maximum atomic E-state index is 6.02. The largest absolute Gasteiger partial charge is 0.486 e. The maximum absolute atomic E-state index is 6.02. The molecule has 1 nitrogen and oxygen atoms in total. The lowest BCUT2D eigenvalue weighted by Crippen LogP contribution is -2.45. The zero-order valence-electron chi connectivity index (χ0n) is 9.10. The molecule has 0 aromatic carbocycles. The van der Waals surface area contributed by atoms with Gasteiger partial charge in [-0.1, -0.05) is 25.7 Å². The van der Waals surface area contributed by atoms with Gasteiger partial charge < -0.3 is 4.74 Å². The zero-order valence-corrected chi connectivity index (χ0v) is 9.10. The summed E-state index contributed by atoms with van der Waals surface area (Å²) in [7, 11) is 0. The van der Waals surface area contributed by atoms with Crippen molar-refractivity contribution in [1.82, 2.24) is 0 Å². The van der Waals surface area contributed by atoms with E-state index >= 15 is 0 Å². The Balaban J connectivity index is 2.24. The van der Waals surface area contributed by atoms with Crippen LogP contribution in [0.5, 0.6) is 0 Å². The SMILES string of the molecule is C=CC1=C(C(=C)C)CC2(CCC2C)O1. The fourth-order valence-electron chi connectivity index (χ4n) is 2.40. The average molecular weight is 190 g/mol. The molecule has 1 saturated carbocycles. The second-order valence-electron chi connectivity index (χ2n) is 4.61. The third-order valence-electron chi connectivity index (χ3n) is 3.69. The van der Waals surface area contributed by atoms with Gasteiger partial charge in [-0.05, 0) is 31.8 Å². The van der Waals surface area contributed by atoms with Crippen LogP contribution in [0.15, 0.2) is 36.1 Å². The van der Waals surface area contributed by atoms with E-state index in [1.807, 2.05) is 13.0 Å². The highest BCUT2D eigenvalue weighted by molar-refractivity contribution is 5.39. The highest BCUT2D eigenvalue weighted by Gasteiger charge is 2.50. The molecule has 0 amide bonds. The van der Waals surface area contributed by atoms with Crippen LogP contribution in [0.3, 0.4) is 0 Å². The minimum absolute atomic E-state index is 0.0950. The molecule has 76 valence electrons. The van der Waals surface area contributed by atoms with E-state index in [4.69, 9.17) is 4.74 Å². The predicted molar refractivity (Wildman–Crippen MR) is 58.9 cm³/mol. The Morgan fingerprint density at radius 2 is 2.36 bits per heavy atom. The molecule has 0 bridgehead atoms. The van der Waals surface area contributed by atoms with Crippen LogP contribution < -0.4 is 0 Å². The normalized spacial score (nSPS) is 35.4. The number of hydrogen-bond acceptors (Lipinski definition) is 1. The summed E-state index contributed by atoms with van der Waals surface area (Å²) in [5.41, 5.74) is 2.49. The van der Waals surface area contributed by atoms with Gasteiger partial charge in [0.25, 0.3) is 0 Å². The van der Waals surface area contributed by atoms with E-state index in [2.05, 4.69) is 20.1 Å². The third kappa shape index (κ3) is 1.15. The van der Waals surface area contributed by atoms with Crippen molar-refractivity contribution in [3.05, 3.63) is 36.1 Å². The monoisotopic (exact) mass is 190 g/mol. The molecule has 2 unspecified atom stereocenters. The minimum atomic E-state index is 0.0950. The quantitative estimate of drug-likeness (QED) is 0.646. The van der Waals surface area contributed by atoms with E-state index in [-0.39, 0.29) is 5.60 Å². The molecule has 0 saturated heterocycles. The molecule has 14 heavy (non-hydrogen) atoms. The standard InChI is InChI=1S/C13H18O/c1-5-12-11(9(2)3)8-13(14-12)7-6-10(13)4/h5,10H,1-2,6-8H2,3-4H3. The number of hydrogen-bond donors (Lipinski definition) is 0. The van der Waals surface area contributed by atoms with Crippen molar-refractivity contribution in [2.24, 2.45) is 5.92 Å². The molecule has 0 radical (unpaired) electrons. The van der Waals surface area contributed by atoms with Gasteiger partial charge in [-0.2, -0.15) is 0 Å². The van der Waals surface area contributed by atoms with Crippen molar-refractivity contribution in [2.45, 2.75) is 38.7 Å². The van der Waals surface area contributed by atoms with Gasteiger partial charge in [0.2, 0.25) is 0 Å². The van der Waals surface area contributed by atoms with Gasteiger partial charge in [-0.3, -0.25) is 0 Å². The van der Waals surface area contributed by atoms with Crippen molar-refractivity contribution >= 4 is 0 Å². The number of allylic oxidation sites excluding steroid dienone is 2. The number of rotatable bonds is 2. The lowest BCUT2D eigenvalue weighted by Gasteiger charge is -2.44. The van der Waals surface area contributed by atoms with Crippen molar-refractivity contribution in [1.29, 1.82) is 0 Å². The first-order valence-corrected chi connectivity index (χ1v) is 5.29. The summed E-state index contributed by atoms with van der Waals surface area (Å²) in [4.78, 5) is 0. The van der Waals surface area contributed by atoms with Gasteiger partial charge in [0, 0.05) is 12.0 Å². The topological polar surface area (TPSA) is 9.23 Å². The maximum Gasteiger partial charge on any atom is 0.123 e. The molecule has 1 fully saturated rings. The second kappa shape index (κ2) is 3.01. The Kier molecular flexibility index (Phi) is 2.06. The summed E-state index contributed by atoms with van der Waals surface area (Å²) in [6.07, 6.45) is 5.32. The van der Waals surface area contributed by atoms with E-state index in [0.29, 0.717) is 5.92 Å². The second-order valence-corrected chi connectivity index (χ2v) is 4.61. The van der Waals surface area contributed by atoms with Crippen LogP contribution in [0.25, 0.3) is 0 Å². The molecular formula is C13H18O. The van der Waals surface area contributed by atoms with Gasteiger partial charge in [0.05, 0.1) is 0 Å². The summed E-state index contributed by atoms with van der Waals surface area (Å²) in [6.45, 7) is 12.1. The first-order valence-electron chi connectivity index (χ1n) is 5.29. The Labute approximate surface area is 86.2 Å². The fourth-order valence-corrected chi connectivity index (χ4v) is 2.40. The zero-order chi connectivity index (χ0) is 10.3. The molecule has 0 N–H and O–H groups in total. The Morgan fingerprint density at radius 3 is 2.64 bits per heavy atom. The molecule has 1 aliphatic heterocycles. The molecule has 1 heteroatoms. The van der Waals surface area contributed by atoms with Crippen molar-refractivity contribution < 1.29 is 4.74 Å². The number of ether oxygens (including phenoxy) is 1.